The van der Waals surface area contributed by atoms with Crippen molar-refractivity contribution in [3.8, 4) is 0 Å². The molecule has 3 heterocycles. The van der Waals surface area contributed by atoms with Crippen LogP contribution in [0.4, 0.5) is 0 Å². The predicted octanol–water partition coefficient (Wildman–Crippen LogP) is 6.78. The summed E-state index contributed by atoms with van der Waals surface area (Å²) in [6.07, 6.45) is 21.6. The van der Waals surface area contributed by atoms with E-state index in [2.05, 4.69) is 17.2 Å². The fourth-order valence-electron chi connectivity index (χ4n) is 6.20. The third-order valence-electron chi connectivity index (χ3n) is 8.98. The number of nitrogens with zero attached hydrogens (tertiary/aromatic N) is 2. The van der Waals surface area contributed by atoms with Gasteiger partial charge in [-0.2, -0.15) is 0 Å². The van der Waals surface area contributed by atoms with Gasteiger partial charge in [0.05, 0.1) is 6.42 Å². The Morgan fingerprint density at radius 3 is 2.41 bits per heavy atom. The molecule has 0 spiro atoms. The molecule has 1 N–H and O–H groups in total. The number of esters is 2. The topological polar surface area (TPSA) is 145 Å². The zero-order valence-electron chi connectivity index (χ0n) is 31.1. The average Bonchev–Trinajstić information content (AvgIpc) is 3.77. The van der Waals surface area contributed by atoms with E-state index in [-0.39, 0.29) is 73.4 Å². The SMILES string of the molecule is CCCCCCCCCCCC(=O)OC1/C=C(C)\C=C\CNC(=O)/C=C\C(C)C(C(C)C)OC(=O)C2C=CCN2C(=O)c2coc(n2)CC(=O)C1. The number of oxazole rings is 1. The van der Waals surface area contributed by atoms with E-state index >= 15 is 0 Å². The standard InChI is InChI=1S/C40H57N3O8/c1-6-7-8-9-10-11-12-13-14-19-37(46)50-32-24-29(4)17-15-22-41-35(45)21-20-30(5)38(28(2)3)51-40(48)34-18-16-23-43(34)39(47)33-27-49-36(42-33)26-31(44)25-32/h15-18,20-21,24,27-28,30,32,34,38H,6-14,19,22-23,25-26H2,1-5H3,(H,41,45)/b17-15+,21-20-,29-24-. The number of nitrogens with one attached hydrogen (secondary N) is 1. The van der Waals surface area contributed by atoms with E-state index < -0.39 is 30.1 Å². The number of amides is 2. The molecule has 2 aliphatic rings. The van der Waals surface area contributed by atoms with Crippen LogP contribution in [0.3, 0.4) is 0 Å². The molecule has 2 aliphatic heterocycles. The lowest BCUT2D eigenvalue weighted by Gasteiger charge is -2.29. The van der Waals surface area contributed by atoms with E-state index in [4.69, 9.17) is 13.9 Å². The number of hydrogen-bond donors (Lipinski definition) is 1. The number of rotatable bonds is 12. The van der Waals surface area contributed by atoms with Gasteiger partial charge in [0.2, 0.25) is 11.8 Å². The third kappa shape index (κ3) is 14.5. The van der Waals surface area contributed by atoms with Gasteiger partial charge in [0.25, 0.3) is 5.91 Å². The van der Waals surface area contributed by atoms with Gasteiger partial charge in [0.15, 0.2) is 5.69 Å². The lowest BCUT2D eigenvalue weighted by Crippen LogP contribution is -2.44. The van der Waals surface area contributed by atoms with Crippen LogP contribution in [0.5, 0.6) is 0 Å². The fraction of sp³-hybridized carbons (Fsp3) is 0.600. The second kappa shape index (κ2) is 21.8. The van der Waals surface area contributed by atoms with Crippen LogP contribution in [0.2, 0.25) is 0 Å². The largest absolute Gasteiger partial charge is 0.460 e. The summed E-state index contributed by atoms with van der Waals surface area (Å²) in [6, 6.07) is -0.963. The highest BCUT2D eigenvalue weighted by molar-refractivity contribution is 5.96. The third-order valence-corrected chi connectivity index (χ3v) is 8.98. The second-order valence-corrected chi connectivity index (χ2v) is 13.9. The summed E-state index contributed by atoms with van der Waals surface area (Å²) >= 11 is 0. The van der Waals surface area contributed by atoms with Crippen LogP contribution in [0, 0.1) is 11.8 Å². The minimum absolute atomic E-state index is 0.0368. The molecule has 1 aromatic rings. The molecule has 2 bridgehead atoms. The molecule has 51 heavy (non-hydrogen) atoms. The first kappa shape index (κ1) is 41.1. The van der Waals surface area contributed by atoms with Crippen molar-refractivity contribution in [3.05, 3.63) is 66.0 Å². The van der Waals surface area contributed by atoms with Crippen LogP contribution in [0.25, 0.3) is 0 Å². The van der Waals surface area contributed by atoms with Crippen LogP contribution in [0.15, 0.2) is 58.8 Å². The molecule has 11 nitrogen and oxygen atoms in total. The minimum Gasteiger partial charge on any atom is -0.460 e. The van der Waals surface area contributed by atoms with Crippen LogP contribution in [0.1, 0.15) is 122 Å². The number of ketones is 1. The van der Waals surface area contributed by atoms with Crippen LogP contribution < -0.4 is 5.32 Å². The Hall–Kier alpha value is -4.28. The summed E-state index contributed by atoms with van der Waals surface area (Å²) in [5.74, 6) is -2.41. The quantitative estimate of drug-likeness (QED) is 0.141. The van der Waals surface area contributed by atoms with Gasteiger partial charge in [-0.15, -0.1) is 0 Å². The number of Topliss-reactive ketones (excluding diaryl/α,β-unsaturated/α-hetero) is 1. The predicted molar refractivity (Wildman–Crippen MR) is 194 cm³/mol. The number of allylic oxidation sites excluding steroid dienone is 2. The molecule has 2 amide bonds. The van der Waals surface area contributed by atoms with Gasteiger partial charge in [-0.3, -0.25) is 19.2 Å². The molecule has 0 radical (unpaired) electrons. The van der Waals surface area contributed by atoms with E-state index in [1.54, 1.807) is 36.5 Å². The Morgan fingerprint density at radius 1 is 1.00 bits per heavy atom. The monoisotopic (exact) mass is 707 g/mol. The maximum atomic E-state index is 13.4. The summed E-state index contributed by atoms with van der Waals surface area (Å²) in [6.45, 7) is 10.2. The number of carbonyl (C=O) groups excluding carboxylic acids is 5. The van der Waals surface area contributed by atoms with Gasteiger partial charge in [0.1, 0.15) is 30.3 Å². The zero-order valence-corrected chi connectivity index (χ0v) is 31.1. The molecule has 280 valence electrons. The smallest absolute Gasteiger partial charge is 0.333 e. The Bertz CT molecular complexity index is 1440. The molecule has 0 saturated heterocycles. The van der Waals surface area contributed by atoms with Crippen molar-refractivity contribution in [2.45, 2.75) is 130 Å². The van der Waals surface area contributed by atoms with E-state index in [0.29, 0.717) is 0 Å². The fourth-order valence-corrected chi connectivity index (χ4v) is 6.20. The summed E-state index contributed by atoms with van der Waals surface area (Å²) in [5.41, 5.74) is 0.713. The normalized spacial score (nSPS) is 24.7. The summed E-state index contributed by atoms with van der Waals surface area (Å²) in [5, 5.41) is 2.80. The van der Waals surface area contributed by atoms with Gasteiger partial charge < -0.3 is 24.1 Å². The minimum atomic E-state index is -0.963. The van der Waals surface area contributed by atoms with Gasteiger partial charge in [-0.25, -0.2) is 9.78 Å². The van der Waals surface area contributed by atoms with Gasteiger partial charge in [-0.1, -0.05) is 115 Å². The van der Waals surface area contributed by atoms with E-state index in [9.17, 15) is 24.0 Å². The molecule has 0 saturated carbocycles. The molecule has 0 aromatic carbocycles. The number of hydrogen-bond acceptors (Lipinski definition) is 9. The Kier molecular flexibility index (Phi) is 17.6. The van der Waals surface area contributed by atoms with Crippen LogP contribution in [-0.4, -0.2) is 70.8 Å². The molecule has 3 rings (SSSR count). The second-order valence-electron chi connectivity index (χ2n) is 13.9. The molecule has 0 aliphatic carbocycles. The van der Waals surface area contributed by atoms with Crippen molar-refractivity contribution in [2.75, 3.05) is 13.1 Å². The average molecular weight is 708 g/mol. The first-order valence-electron chi connectivity index (χ1n) is 18.6. The highest BCUT2D eigenvalue weighted by atomic mass is 16.5. The van der Waals surface area contributed by atoms with Crippen LogP contribution in [-0.2, 0) is 35.1 Å². The van der Waals surface area contributed by atoms with Crippen LogP contribution >= 0.6 is 0 Å². The number of unbranched alkanes of at least 4 members (excludes halogenated alkanes) is 8. The number of carbonyl (C=O) groups is 5. The van der Waals surface area contributed by atoms with Crippen molar-refractivity contribution in [1.82, 2.24) is 15.2 Å². The maximum Gasteiger partial charge on any atom is 0.333 e. The van der Waals surface area contributed by atoms with Crippen molar-refractivity contribution in [3.63, 3.8) is 0 Å². The lowest BCUT2D eigenvalue weighted by molar-refractivity contribution is -0.156. The maximum absolute atomic E-state index is 13.4. The highest BCUT2D eigenvalue weighted by Crippen LogP contribution is 2.23. The summed E-state index contributed by atoms with van der Waals surface area (Å²) in [7, 11) is 0. The molecular formula is C40H57N3O8. The van der Waals surface area contributed by atoms with E-state index in [1.165, 1.54) is 49.3 Å². The highest BCUT2D eigenvalue weighted by Gasteiger charge is 2.36. The first-order valence-corrected chi connectivity index (χ1v) is 18.6. The van der Waals surface area contributed by atoms with Crippen molar-refractivity contribution < 1.29 is 37.9 Å². The van der Waals surface area contributed by atoms with E-state index in [0.717, 1.165) is 31.3 Å². The number of ether oxygens (including phenoxy) is 2. The number of cyclic esters (lactones) is 1. The first-order chi connectivity index (χ1) is 24.5. The Balaban J connectivity index is 1.74. The summed E-state index contributed by atoms with van der Waals surface area (Å²) < 4.78 is 17.2. The molecule has 0 fully saturated rings. The van der Waals surface area contributed by atoms with Gasteiger partial charge in [0, 0.05) is 31.8 Å². The molecule has 4 unspecified atom stereocenters. The van der Waals surface area contributed by atoms with Gasteiger partial charge >= 0.3 is 11.9 Å². The van der Waals surface area contributed by atoms with Crippen molar-refractivity contribution in [1.29, 1.82) is 0 Å². The molecule has 4 atom stereocenters. The molecule has 11 heteroatoms. The zero-order chi connectivity index (χ0) is 37.2. The Labute approximate surface area is 303 Å². The van der Waals surface area contributed by atoms with E-state index in [1.807, 2.05) is 27.7 Å². The van der Waals surface area contributed by atoms with Gasteiger partial charge in [-0.05, 0) is 31.4 Å². The summed E-state index contributed by atoms with van der Waals surface area (Å²) in [4.78, 5) is 70.9. The number of aromatic nitrogens is 1. The lowest BCUT2D eigenvalue weighted by atomic mass is 9.94. The number of fused-ring (bicyclic) bond motifs is 3. The van der Waals surface area contributed by atoms with Crippen molar-refractivity contribution >= 4 is 29.5 Å². The molecular weight excluding hydrogens is 650 g/mol. The van der Waals surface area contributed by atoms with Crippen molar-refractivity contribution in [2.24, 2.45) is 11.8 Å². The Morgan fingerprint density at radius 2 is 1.71 bits per heavy atom. The molecule has 1 aromatic heterocycles.